The maximum atomic E-state index is 12.3. The first kappa shape index (κ1) is 13.9. The summed E-state index contributed by atoms with van der Waals surface area (Å²) in [6.07, 6.45) is 0. The van der Waals surface area contributed by atoms with Crippen molar-refractivity contribution in [2.45, 2.75) is 24.9 Å². The first-order valence-electron chi connectivity index (χ1n) is 4.34. The van der Waals surface area contributed by atoms with Crippen LogP contribution in [0, 0.1) is 0 Å². The van der Waals surface area contributed by atoms with Gasteiger partial charge in [0.15, 0.2) is 0 Å². The van der Waals surface area contributed by atoms with Crippen LogP contribution in [-0.2, 0) is 19.6 Å². The van der Waals surface area contributed by atoms with Crippen LogP contribution in [0.2, 0.25) is 0 Å². The fourth-order valence-electron chi connectivity index (χ4n) is 1.27. The zero-order valence-electron chi connectivity index (χ0n) is 8.83. The molecule has 0 radical (unpaired) electrons. The van der Waals surface area contributed by atoms with Crippen molar-refractivity contribution in [1.29, 1.82) is 0 Å². The molecule has 0 aromatic carbocycles. The Kier molecular flexibility index (Phi) is 3.00. The van der Waals surface area contributed by atoms with Crippen LogP contribution in [0.25, 0.3) is 0 Å². The second kappa shape index (κ2) is 3.67. The fraction of sp³-hybridized carbons (Fsp3) is 0.714. The number of nitrogens with one attached hydrogen (secondary N) is 1. The molecule has 1 saturated heterocycles. The van der Waals surface area contributed by atoms with E-state index in [1.165, 1.54) is 0 Å². The molecule has 2 amide bonds. The molecule has 0 saturated carbocycles. The normalized spacial score (nSPS) is 22.4. The highest BCUT2D eigenvalue weighted by molar-refractivity contribution is 7.90. The molecule has 10 heteroatoms. The average molecular weight is 274 g/mol. The van der Waals surface area contributed by atoms with E-state index in [9.17, 15) is 31.2 Å². The van der Waals surface area contributed by atoms with Gasteiger partial charge in [-0.3, -0.25) is 14.9 Å². The van der Waals surface area contributed by atoms with E-state index in [1.807, 2.05) is 0 Å². The Hall–Kier alpha value is -1.16. The highest BCUT2D eigenvalue weighted by atomic mass is 32.2. The number of imide groups is 1. The Labute approximate surface area is 94.8 Å². The fourth-order valence-corrected chi connectivity index (χ4v) is 2.49. The predicted octanol–water partition coefficient (Wildman–Crippen LogP) is -0.427. The van der Waals surface area contributed by atoms with Crippen molar-refractivity contribution in [3.63, 3.8) is 0 Å². The van der Waals surface area contributed by atoms with Crippen molar-refractivity contribution in [3.05, 3.63) is 0 Å². The molecular formula is C7H9F3N2O4S. The number of hydrogen-bond acceptors (Lipinski definition) is 4. The second-order valence-electron chi connectivity index (χ2n) is 3.89. The molecule has 0 aromatic heterocycles. The molecule has 0 spiro atoms. The van der Waals surface area contributed by atoms with Crippen LogP contribution in [0.1, 0.15) is 13.8 Å². The molecule has 1 aliphatic rings. The van der Waals surface area contributed by atoms with Gasteiger partial charge in [-0.1, -0.05) is 0 Å². The minimum Gasteiger partial charge on any atom is -0.294 e. The molecule has 0 aliphatic carbocycles. The van der Waals surface area contributed by atoms with Crippen LogP contribution in [0.4, 0.5) is 13.2 Å². The van der Waals surface area contributed by atoms with Crippen LogP contribution in [0.15, 0.2) is 0 Å². The van der Waals surface area contributed by atoms with E-state index in [-0.39, 0.29) is 4.31 Å². The SMILES string of the molecule is CC1(C)C(=O)NC(=O)CN1S(=O)(=O)C(F)(F)F. The van der Waals surface area contributed by atoms with E-state index in [0.717, 1.165) is 13.8 Å². The summed E-state index contributed by atoms with van der Waals surface area (Å²) < 4.78 is 59.2. The van der Waals surface area contributed by atoms with Gasteiger partial charge < -0.3 is 0 Å². The highest BCUT2D eigenvalue weighted by Gasteiger charge is 2.58. The maximum absolute atomic E-state index is 12.3. The molecule has 1 N–H and O–H groups in total. The summed E-state index contributed by atoms with van der Waals surface area (Å²) in [5, 5.41) is 1.77. The van der Waals surface area contributed by atoms with Gasteiger partial charge in [0.05, 0.1) is 6.54 Å². The molecule has 1 heterocycles. The number of amides is 2. The van der Waals surface area contributed by atoms with Crippen LogP contribution >= 0.6 is 0 Å². The number of alkyl halides is 3. The largest absolute Gasteiger partial charge is 0.511 e. The van der Waals surface area contributed by atoms with Gasteiger partial charge in [-0.2, -0.15) is 17.5 Å². The lowest BCUT2D eigenvalue weighted by Crippen LogP contribution is -2.66. The number of carbonyl (C=O) groups excluding carboxylic acids is 2. The quantitative estimate of drug-likeness (QED) is 0.658. The van der Waals surface area contributed by atoms with Crippen molar-refractivity contribution < 1.29 is 31.2 Å². The lowest BCUT2D eigenvalue weighted by atomic mass is 10.0. The maximum Gasteiger partial charge on any atom is 0.511 e. The van der Waals surface area contributed by atoms with Crippen LogP contribution in [0.5, 0.6) is 0 Å². The Morgan fingerprint density at radius 1 is 1.29 bits per heavy atom. The third kappa shape index (κ3) is 2.14. The Morgan fingerprint density at radius 3 is 2.18 bits per heavy atom. The van der Waals surface area contributed by atoms with Crippen molar-refractivity contribution >= 4 is 21.8 Å². The summed E-state index contributed by atoms with van der Waals surface area (Å²) in [5.41, 5.74) is -7.52. The number of carbonyl (C=O) groups is 2. The van der Waals surface area contributed by atoms with Gasteiger partial charge in [-0.15, -0.1) is 0 Å². The molecule has 0 unspecified atom stereocenters. The zero-order valence-corrected chi connectivity index (χ0v) is 9.65. The van der Waals surface area contributed by atoms with Gasteiger partial charge in [0.25, 0.3) is 0 Å². The Bertz CT molecular complexity index is 468. The van der Waals surface area contributed by atoms with Gasteiger partial charge in [0.1, 0.15) is 5.54 Å². The third-order valence-corrected chi connectivity index (χ3v) is 4.05. The van der Waals surface area contributed by atoms with Crippen molar-refractivity contribution in [1.82, 2.24) is 9.62 Å². The third-order valence-electron chi connectivity index (χ3n) is 2.30. The monoisotopic (exact) mass is 274 g/mol. The molecule has 0 aromatic rings. The number of hydrogen-bond donors (Lipinski definition) is 1. The molecule has 1 rings (SSSR count). The first-order valence-corrected chi connectivity index (χ1v) is 5.78. The number of rotatable bonds is 1. The van der Waals surface area contributed by atoms with E-state index in [4.69, 9.17) is 0 Å². The topological polar surface area (TPSA) is 83.6 Å². The average Bonchev–Trinajstić information content (AvgIpc) is 2.09. The molecule has 6 nitrogen and oxygen atoms in total. The summed E-state index contributed by atoms with van der Waals surface area (Å²) in [7, 11) is -5.72. The zero-order chi connectivity index (χ0) is 13.6. The highest BCUT2D eigenvalue weighted by Crippen LogP contribution is 2.32. The lowest BCUT2D eigenvalue weighted by molar-refractivity contribution is -0.141. The predicted molar refractivity (Wildman–Crippen MR) is 48.9 cm³/mol. The second-order valence-corrected chi connectivity index (χ2v) is 5.75. The van der Waals surface area contributed by atoms with Crippen LogP contribution in [-0.4, -0.2) is 42.1 Å². The summed E-state index contributed by atoms with van der Waals surface area (Å²) in [6, 6.07) is 0. The number of sulfonamides is 1. The lowest BCUT2D eigenvalue weighted by Gasteiger charge is -2.38. The summed E-state index contributed by atoms with van der Waals surface area (Å²) in [5.74, 6) is -2.19. The van der Waals surface area contributed by atoms with E-state index in [1.54, 1.807) is 5.32 Å². The van der Waals surface area contributed by atoms with Crippen LogP contribution in [0.3, 0.4) is 0 Å². The molecular weight excluding hydrogens is 265 g/mol. The molecule has 98 valence electrons. The molecule has 0 bridgehead atoms. The van der Waals surface area contributed by atoms with Gasteiger partial charge in [-0.05, 0) is 13.8 Å². The molecule has 1 aliphatic heterocycles. The van der Waals surface area contributed by atoms with Gasteiger partial charge in [-0.25, -0.2) is 8.42 Å². The van der Waals surface area contributed by atoms with E-state index < -0.39 is 39.4 Å². The summed E-state index contributed by atoms with van der Waals surface area (Å²) in [6.45, 7) is 0.927. The summed E-state index contributed by atoms with van der Waals surface area (Å²) in [4.78, 5) is 22.2. The summed E-state index contributed by atoms with van der Waals surface area (Å²) >= 11 is 0. The van der Waals surface area contributed by atoms with Gasteiger partial charge in [0.2, 0.25) is 11.8 Å². The van der Waals surface area contributed by atoms with E-state index >= 15 is 0 Å². The number of piperazine rings is 1. The van der Waals surface area contributed by atoms with Crippen LogP contribution < -0.4 is 5.32 Å². The smallest absolute Gasteiger partial charge is 0.294 e. The first-order chi connectivity index (χ1) is 7.40. The van der Waals surface area contributed by atoms with Gasteiger partial charge >= 0.3 is 15.5 Å². The Balaban J connectivity index is 3.29. The molecule has 17 heavy (non-hydrogen) atoms. The van der Waals surface area contributed by atoms with E-state index in [0.29, 0.717) is 0 Å². The van der Waals surface area contributed by atoms with Crippen molar-refractivity contribution in [2.24, 2.45) is 0 Å². The van der Waals surface area contributed by atoms with Crippen molar-refractivity contribution in [3.8, 4) is 0 Å². The molecule has 0 atom stereocenters. The minimum absolute atomic E-state index is 0.152. The number of nitrogens with zero attached hydrogens (tertiary/aromatic N) is 1. The minimum atomic E-state index is -5.72. The molecule has 1 fully saturated rings. The standard InChI is InChI=1S/C7H9F3N2O4S/c1-6(2)5(14)11-4(13)3-12(6)17(15,16)7(8,9)10/h3H2,1-2H3,(H,11,13,14). The van der Waals surface area contributed by atoms with Crippen molar-refractivity contribution in [2.75, 3.05) is 6.54 Å². The Morgan fingerprint density at radius 2 is 1.76 bits per heavy atom. The van der Waals surface area contributed by atoms with Gasteiger partial charge in [0, 0.05) is 0 Å². The van der Waals surface area contributed by atoms with E-state index in [2.05, 4.69) is 0 Å². The number of halogens is 3.